The summed E-state index contributed by atoms with van der Waals surface area (Å²) >= 11 is 0. The van der Waals surface area contributed by atoms with Crippen molar-refractivity contribution < 1.29 is 23.0 Å². The van der Waals surface area contributed by atoms with E-state index in [0.717, 1.165) is 0 Å². The first kappa shape index (κ1) is 26.5. The van der Waals surface area contributed by atoms with Crippen LogP contribution in [0, 0.1) is 11.6 Å². The number of rotatable bonds is 7. The molecule has 0 bridgehead atoms. The number of Topliss-reactive ketones (excluding diaryl/α,β-unsaturated/α-hetero) is 1. The molecule has 0 fully saturated rings. The van der Waals surface area contributed by atoms with E-state index in [0.29, 0.717) is 52.3 Å². The minimum atomic E-state index is -1.15. The lowest BCUT2D eigenvalue weighted by atomic mass is 9.88. The van der Waals surface area contributed by atoms with E-state index < -0.39 is 29.6 Å². The number of aromatic nitrogens is 5. The minimum Gasteiger partial charge on any atom is -0.475 e. The molecule has 1 aliphatic rings. The standard InChI is InChI=1S/C30H26F2N6O3/c1-16(2)40-23-10-9-18(14-34-23)26-25-29(33)35-15-36-30(25)38(37-26)12-11-22-20-7-4-8-21(32)24(20)27(39)28(41-22)17-5-3-6-19(31)13-17/h3-10,13-16,22,28H,11-12H2,1-2H3,(H2,33,35,36). The summed E-state index contributed by atoms with van der Waals surface area (Å²) in [5.41, 5.74) is 8.69. The first-order valence-electron chi connectivity index (χ1n) is 13.1. The van der Waals surface area contributed by atoms with Crippen LogP contribution in [0.4, 0.5) is 14.6 Å². The normalized spacial score (nSPS) is 16.8. The summed E-state index contributed by atoms with van der Waals surface area (Å²) in [5.74, 6) is -0.964. The number of nitrogen functional groups attached to an aromatic ring is 1. The van der Waals surface area contributed by atoms with Crippen LogP contribution in [0.15, 0.2) is 67.1 Å². The molecule has 1 aliphatic heterocycles. The second kappa shape index (κ2) is 10.7. The number of anilines is 1. The zero-order chi connectivity index (χ0) is 28.7. The van der Waals surface area contributed by atoms with Crippen molar-refractivity contribution in [2.45, 2.75) is 45.1 Å². The van der Waals surface area contributed by atoms with Gasteiger partial charge < -0.3 is 15.2 Å². The van der Waals surface area contributed by atoms with Crippen molar-refractivity contribution in [1.82, 2.24) is 24.7 Å². The SMILES string of the molecule is CC(C)Oc1ccc(-c2nn(CCC3OC(c4cccc(F)c4)C(=O)c4c(F)cccc43)c3ncnc(N)c23)cn1. The zero-order valence-corrected chi connectivity index (χ0v) is 22.3. The Hall–Kier alpha value is -4.77. The summed E-state index contributed by atoms with van der Waals surface area (Å²) in [6.07, 6.45) is 1.47. The van der Waals surface area contributed by atoms with Gasteiger partial charge in [-0.1, -0.05) is 24.3 Å². The number of fused-ring (bicyclic) bond motifs is 2. The van der Waals surface area contributed by atoms with Gasteiger partial charge in [0.25, 0.3) is 0 Å². The van der Waals surface area contributed by atoms with Crippen LogP contribution in [0.2, 0.25) is 0 Å². The van der Waals surface area contributed by atoms with Crippen LogP contribution in [0.25, 0.3) is 22.3 Å². The van der Waals surface area contributed by atoms with Gasteiger partial charge >= 0.3 is 0 Å². The van der Waals surface area contributed by atoms with E-state index in [1.807, 2.05) is 19.9 Å². The lowest BCUT2D eigenvalue weighted by Gasteiger charge is -2.31. The third kappa shape index (κ3) is 5.00. The lowest BCUT2D eigenvalue weighted by Crippen LogP contribution is -2.28. The van der Waals surface area contributed by atoms with Crippen LogP contribution in [-0.2, 0) is 11.3 Å². The van der Waals surface area contributed by atoms with Gasteiger partial charge in [-0.3, -0.25) is 4.79 Å². The van der Waals surface area contributed by atoms with E-state index in [4.69, 9.17) is 20.3 Å². The van der Waals surface area contributed by atoms with Gasteiger partial charge in [0.2, 0.25) is 5.88 Å². The van der Waals surface area contributed by atoms with Gasteiger partial charge in [0.05, 0.1) is 23.2 Å². The molecule has 2 aromatic carbocycles. The highest BCUT2D eigenvalue weighted by molar-refractivity contribution is 6.02. The van der Waals surface area contributed by atoms with Gasteiger partial charge in [0, 0.05) is 24.4 Å². The van der Waals surface area contributed by atoms with Gasteiger partial charge in [-0.05, 0) is 55.7 Å². The Bertz CT molecular complexity index is 1760. The van der Waals surface area contributed by atoms with Crippen molar-refractivity contribution in [3.8, 4) is 17.1 Å². The number of halogens is 2. The molecule has 2 atom stereocenters. The Morgan fingerprint density at radius 2 is 1.90 bits per heavy atom. The number of carbonyl (C=O) groups is 1. The number of carbonyl (C=O) groups excluding carboxylic acids is 1. The molecule has 6 rings (SSSR count). The molecular formula is C30H26F2N6O3. The fourth-order valence-electron chi connectivity index (χ4n) is 5.08. The number of pyridine rings is 1. The van der Waals surface area contributed by atoms with Crippen LogP contribution in [-0.4, -0.2) is 36.6 Å². The van der Waals surface area contributed by atoms with Crippen molar-refractivity contribution in [2.24, 2.45) is 0 Å². The molecule has 0 spiro atoms. The summed E-state index contributed by atoms with van der Waals surface area (Å²) in [7, 11) is 0. The predicted molar refractivity (Wildman–Crippen MR) is 147 cm³/mol. The molecule has 41 heavy (non-hydrogen) atoms. The molecule has 0 aliphatic carbocycles. The highest BCUT2D eigenvalue weighted by Gasteiger charge is 2.37. The molecule has 0 saturated heterocycles. The summed E-state index contributed by atoms with van der Waals surface area (Å²) in [6, 6.07) is 13.6. The number of benzene rings is 2. The third-order valence-corrected chi connectivity index (χ3v) is 6.86. The average molecular weight is 557 g/mol. The number of hydrogen-bond donors (Lipinski definition) is 1. The maximum Gasteiger partial charge on any atom is 0.213 e. The van der Waals surface area contributed by atoms with Crippen molar-refractivity contribution in [3.63, 3.8) is 0 Å². The summed E-state index contributed by atoms with van der Waals surface area (Å²) in [6.45, 7) is 4.13. The van der Waals surface area contributed by atoms with Crippen molar-refractivity contribution in [3.05, 3.63) is 95.4 Å². The molecule has 5 aromatic rings. The molecule has 0 radical (unpaired) electrons. The molecular weight excluding hydrogens is 530 g/mol. The Morgan fingerprint density at radius 3 is 2.66 bits per heavy atom. The Morgan fingerprint density at radius 1 is 1.07 bits per heavy atom. The molecule has 3 aromatic heterocycles. The maximum absolute atomic E-state index is 15.0. The van der Waals surface area contributed by atoms with E-state index in [-0.39, 0.29) is 17.5 Å². The molecule has 9 nitrogen and oxygen atoms in total. The van der Waals surface area contributed by atoms with Crippen LogP contribution in [0.5, 0.6) is 5.88 Å². The second-order valence-electron chi connectivity index (χ2n) is 10.00. The number of aryl methyl sites for hydroxylation is 1. The van der Waals surface area contributed by atoms with Crippen LogP contribution >= 0.6 is 0 Å². The fourth-order valence-corrected chi connectivity index (χ4v) is 5.08. The number of nitrogens with zero attached hydrogens (tertiary/aromatic N) is 5. The summed E-state index contributed by atoms with van der Waals surface area (Å²) < 4.78 is 42.5. The van der Waals surface area contributed by atoms with Gasteiger partial charge in [-0.25, -0.2) is 28.4 Å². The number of nitrogens with two attached hydrogens (primary N) is 1. The Kier molecular flexibility index (Phi) is 6.88. The molecule has 0 saturated carbocycles. The average Bonchev–Trinajstić information content (AvgIpc) is 3.32. The zero-order valence-electron chi connectivity index (χ0n) is 22.3. The molecule has 2 unspecified atom stereocenters. The monoisotopic (exact) mass is 556 g/mol. The second-order valence-corrected chi connectivity index (χ2v) is 10.00. The Labute approximate surface area is 234 Å². The van der Waals surface area contributed by atoms with Gasteiger partial charge in [-0.2, -0.15) is 5.10 Å². The third-order valence-electron chi connectivity index (χ3n) is 6.86. The van der Waals surface area contributed by atoms with Gasteiger partial charge in [-0.15, -0.1) is 0 Å². The van der Waals surface area contributed by atoms with Crippen LogP contribution < -0.4 is 10.5 Å². The van der Waals surface area contributed by atoms with E-state index >= 15 is 0 Å². The highest BCUT2D eigenvalue weighted by Crippen LogP contribution is 2.41. The van der Waals surface area contributed by atoms with Crippen molar-refractivity contribution in [1.29, 1.82) is 0 Å². The molecule has 4 heterocycles. The van der Waals surface area contributed by atoms with E-state index in [1.165, 1.54) is 36.7 Å². The first-order chi connectivity index (χ1) is 19.8. The smallest absolute Gasteiger partial charge is 0.213 e. The molecule has 208 valence electrons. The first-order valence-corrected chi connectivity index (χ1v) is 13.1. The molecule has 2 N–H and O–H groups in total. The van der Waals surface area contributed by atoms with Gasteiger partial charge in [0.15, 0.2) is 11.4 Å². The van der Waals surface area contributed by atoms with E-state index in [2.05, 4.69) is 15.0 Å². The van der Waals surface area contributed by atoms with Crippen LogP contribution in [0.1, 0.15) is 54.0 Å². The highest BCUT2D eigenvalue weighted by atomic mass is 19.1. The van der Waals surface area contributed by atoms with Crippen molar-refractivity contribution >= 4 is 22.6 Å². The van der Waals surface area contributed by atoms with E-state index in [1.54, 1.807) is 29.1 Å². The van der Waals surface area contributed by atoms with Crippen molar-refractivity contribution in [2.75, 3.05) is 5.73 Å². The maximum atomic E-state index is 15.0. The molecule has 11 heteroatoms. The predicted octanol–water partition coefficient (Wildman–Crippen LogP) is 5.62. The summed E-state index contributed by atoms with van der Waals surface area (Å²) in [5, 5.41) is 5.35. The minimum absolute atomic E-state index is 0.0196. The van der Waals surface area contributed by atoms with Gasteiger partial charge in [0.1, 0.15) is 35.6 Å². The lowest BCUT2D eigenvalue weighted by molar-refractivity contribution is -0.0205. The number of hydrogen-bond acceptors (Lipinski definition) is 8. The summed E-state index contributed by atoms with van der Waals surface area (Å²) in [4.78, 5) is 26.2. The largest absolute Gasteiger partial charge is 0.475 e. The topological polar surface area (TPSA) is 118 Å². The number of ketones is 1. The molecule has 0 amide bonds. The van der Waals surface area contributed by atoms with E-state index in [9.17, 15) is 13.6 Å². The van der Waals surface area contributed by atoms with Crippen LogP contribution in [0.3, 0.4) is 0 Å². The fraction of sp³-hybridized carbons (Fsp3) is 0.233. The quantitative estimate of drug-likeness (QED) is 0.274. The number of ether oxygens (including phenoxy) is 2. The Balaban J connectivity index is 1.34.